The molecule has 11 nitrogen and oxygen atoms in total. The summed E-state index contributed by atoms with van der Waals surface area (Å²) < 4.78 is 5.38. The van der Waals surface area contributed by atoms with Gasteiger partial charge in [0.05, 0.1) is 0 Å². The van der Waals surface area contributed by atoms with Crippen LogP contribution in [-0.4, -0.2) is 66.9 Å². The number of aromatic hydroxyl groups is 6. The van der Waals surface area contributed by atoms with Crippen LogP contribution in [0.25, 0.3) is 18.2 Å². The highest BCUT2D eigenvalue weighted by molar-refractivity contribution is 5.91. The summed E-state index contributed by atoms with van der Waals surface area (Å²) in [6.07, 6.45) is 4.99. The van der Waals surface area contributed by atoms with Crippen molar-refractivity contribution in [2.24, 2.45) is 5.92 Å². The van der Waals surface area contributed by atoms with Gasteiger partial charge < -0.3 is 45.8 Å². The van der Waals surface area contributed by atoms with Crippen LogP contribution in [0.5, 0.6) is 34.5 Å². The van der Waals surface area contributed by atoms with Crippen LogP contribution in [0.4, 0.5) is 0 Å². The van der Waals surface area contributed by atoms with Crippen LogP contribution in [0.2, 0.25) is 0 Å². The average Bonchev–Trinajstić information content (AvgIpc) is 2.98. The van der Waals surface area contributed by atoms with Crippen LogP contribution in [0.15, 0.2) is 48.5 Å². The highest BCUT2D eigenvalue weighted by atomic mass is 16.6. The number of phenolic OH excluding ortho intramolecular Hbond substituents is 6. The van der Waals surface area contributed by atoms with E-state index < -0.39 is 35.5 Å². The molecule has 0 unspecified atom stereocenters. The number of carboxylic acids is 1. The van der Waals surface area contributed by atoms with E-state index in [1.807, 2.05) is 20.8 Å². The smallest absolute Gasteiger partial charge is 0.345 e. The van der Waals surface area contributed by atoms with Gasteiger partial charge in [0, 0.05) is 24.1 Å². The third-order valence-corrected chi connectivity index (χ3v) is 7.16. The summed E-state index contributed by atoms with van der Waals surface area (Å²) in [7, 11) is 0. The maximum atomic E-state index is 13.0. The number of hydrogen-bond acceptors (Lipinski definition) is 10. The number of carbonyl (C=O) groups excluding carboxylic acids is 1. The minimum absolute atomic E-state index is 0.0848. The van der Waals surface area contributed by atoms with Crippen molar-refractivity contribution >= 4 is 30.2 Å². The lowest BCUT2D eigenvalue weighted by Crippen LogP contribution is -2.38. The van der Waals surface area contributed by atoms with Crippen molar-refractivity contribution in [3.8, 4) is 34.5 Å². The van der Waals surface area contributed by atoms with Gasteiger partial charge in [0.25, 0.3) is 0 Å². The molecule has 3 aromatic rings. The fourth-order valence-electron chi connectivity index (χ4n) is 4.69. The van der Waals surface area contributed by atoms with E-state index in [4.69, 9.17) is 4.74 Å². The second kappa shape index (κ2) is 15.5. The van der Waals surface area contributed by atoms with E-state index in [-0.39, 0.29) is 35.5 Å². The van der Waals surface area contributed by atoms with Crippen LogP contribution < -0.4 is 5.32 Å². The van der Waals surface area contributed by atoms with Crippen molar-refractivity contribution in [1.29, 1.82) is 0 Å². The summed E-state index contributed by atoms with van der Waals surface area (Å²) in [5.74, 6) is -5.26. The molecule has 0 bridgehead atoms. The zero-order valence-corrected chi connectivity index (χ0v) is 25.3. The molecule has 3 rings (SSSR count). The molecule has 11 heteroatoms. The molecule has 3 aromatic carbocycles. The maximum Gasteiger partial charge on any atom is 0.345 e. The predicted molar refractivity (Wildman–Crippen MR) is 169 cm³/mol. The van der Waals surface area contributed by atoms with E-state index in [9.17, 15) is 45.3 Å². The Labute approximate surface area is 261 Å². The topological polar surface area (TPSA) is 197 Å². The summed E-state index contributed by atoms with van der Waals surface area (Å²) in [6, 6.07) is 9.34. The molecule has 0 heterocycles. The molecule has 0 aliphatic rings. The third kappa shape index (κ3) is 9.16. The van der Waals surface area contributed by atoms with E-state index >= 15 is 0 Å². The number of esters is 1. The number of hydrogen-bond donors (Lipinski definition) is 8. The van der Waals surface area contributed by atoms with Gasteiger partial charge in [-0.2, -0.15) is 0 Å². The molecule has 8 N–H and O–H groups in total. The number of benzene rings is 3. The minimum Gasteiger partial charge on any atom is -0.504 e. The number of carboxylic acid groups (broad SMARTS) is 1. The largest absolute Gasteiger partial charge is 0.504 e. The molecular weight excluding hydrogens is 582 g/mol. The highest BCUT2D eigenvalue weighted by Crippen LogP contribution is 2.38. The van der Waals surface area contributed by atoms with Crippen molar-refractivity contribution in [3.63, 3.8) is 0 Å². The van der Waals surface area contributed by atoms with Gasteiger partial charge in [-0.05, 0) is 84.0 Å². The van der Waals surface area contributed by atoms with Gasteiger partial charge in [0.15, 0.2) is 34.5 Å². The lowest BCUT2D eigenvalue weighted by atomic mass is 9.92. The Kier molecular flexibility index (Phi) is 11.8. The van der Waals surface area contributed by atoms with Crippen LogP contribution >= 0.6 is 0 Å². The van der Waals surface area contributed by atoms with E-state index in [0.29, 0.717) is 47.2 Å². The third-order valence-electron chi connectivity index (χ3n) is 7.16. The second-order valence-electron chi connectivity index (χ2n) is 10.9. The Morgan fingerprint density at radius 3 is 2.11 bits per heavy atom. The van der Waals surface area contributed by atoms with Gasteiger partial charge in [-0.15, -0.1) is 0 Å². The quantitative estimate of drug-likeness (QED) is 0.0517. The van der Waals surface area contributed by atoms with Crippen LogP contribution in [0, 0.1) is 5.92 Å². The molecule has 2 atom stereocenters. The fourth-order valence-corrected chi connectivity index (χ4v) is 4.69. The molecule has 0 aliphatic heterocycles. The van der Waals surface area contributed by atoms with Crippen LogP contribution in [0.1, 0.15) is 60.9 Å². The van der Waals surface area contributed by atoms with Gasteiger partial charge >= 0.3 is 11.9 Å². The molecule has 0 amide bonds. The Balaban J connectivity index is 2.00. The first-order valence-corrected chi connectivity index (χ1v) is 14.4. The van der Waals surface area contributed by atoms with Crippen molar-refractivity contribution < 1.29 is 50.1 Å². The standard InChI is InChI=1S/C34H39NO10/c1-4-35-18-25(22-8-13-27(37)29(39)16-22)33(34(43)44)45-31(41)14-9-21-17-30(40)32(42)24(10-5-19(2)3)23(21)11-6-20-7-12-26(36)28(38)15-20/h6-9,11-17,19,25,33,35-40,42H,4-5,10,18H2,1-3H3,(H,43,44)/t25-,33+/m0/s1. The Morgan fingerprint density at radius 2 is 1.51 bits per heavy atom. The molecule has 0 radical (unpaired) electrons. The molecule has 0 saturated carbocycles. The van der Waals surface area contributed by atoms with Crippen molar-refractivity contribution in [2.75, 3.05) is 13.1 Å². The number of aliphatic carboxylic acids is 1. The Bertz CT molecular complexity index is 1580. The number of ether oxygens (including phenoxy) is 1. The summed E-state index contributed by atoms with van der Waals surface area (Å²) in [6.45, 7) is 6.40. The van der Waals surface area contributed by atoms with E-state index in [0.717, 1.165) is 6.08 Å². The summed E-state index contributed by atoms with van der Waals surface area (Å²) in [4.78, 5) is 25.3. The first-order chi connectivity index (χ1) is 21.3. The van der Waals surface area contributed by atoms with Gasteiger partial charge in [0.2, 0.25) is 6.10 Å². The number of phenols is 6. The lowest BCUT2D eigenvalue weighted by Gasteiger charge is -2.24. The molecule has 240 valence electrons. The molecular formula is C34H39NO10. The SMILES string of the molecule is CCNC[C@@H](c1ccc(O)c(O)c1)[C@@H](OC(=O)C=Cc1cc(O)c(O)c(CCC(C)C)c1C=Cc1ccc(O)c(O)c1)C(=O)O. The number of nitrogens with one attached hydrogen (secondary N) is 1. The Hall–Kier alpha value is -5.16. The van der Waals surface area contributed by atoms with Gasteiger partial charge in [-0.1, -0.05) is 45.1 Å². The predicted octanol–water partition coefficient (Wildman–Crippen LogP) is 5.08. The number of rotatable bonds is 14. The molecule has 0 spiro atoms. The van der Waals surface area contributed by atoms with Crippen LogP contribution in [-0.2, 0) is 20.7 Å². The average molecular weight is 622 g/mol. The van der Waals surface area contributed by atoms with Crippen molar-refractivity contribution in [3.05, 3.63) is 76.4 Å². The first kappa shape index (κ1) is 34.3. The van der Waals surface area contributed by atoms with Crippen LogP contribution in [0.3, 0.4) is 0 Å². The molecule has 0 fully saturated rings. The highest BCUT2D eigenvalue weighted by Gasteiger charge is 2.33. The maximum absolute atomic E-state index is 13.0. The Morgan fingerprint density at radius 1 is 0.844 bits per heavy atom. The molecule has 0 aliphatic carbocycles. The second-order valence-corrected chi connectivity index (χ2v) is 10.9. The van der Waals surface area contributed by atoms with E-state index in [2.05, 4.69) is 5.32 Å². The monoisotopic (exact) mass is 621 g/mol. The van der Waals surface area contributed by atoms with Gasteiger partial charge in [0.1, 0.15) is 0 Å². The summed E-state index contributed by atoms with van der Waals surface area (Å²) in [5, 5.41) is 73.5. The van der Waals surface area contributed by atoms with Crippen molar-refractivity contribution in [2.45, 2.75) is 45.6 Å². The lowest BCUT2D eigenvalue weighted by molar-refractivity contribution is -0.162. The van der Waals surface area contributed by atoms with Gasteiger partial charge in [-0.3, -0.25) is 0 Å². The van der Waals surface area contributed by atoms with Gasteiger partial charge in [-0.25, -0.2) is 9.59 Å². The van der Waals surface area contributed by atoms with Crippen molar-refractivity contribution in [1.82, 2.24) is 5.32 Å². The zero-order valence-electron chi connectivity index (χ0n) is 25.3. The number of likely N-dealkylation sites (N-methyl/N-ethyl adjacent to an activating group) is 1. The molecule has 0 aromatic heterocycles. The first-order valence-electron chi connectivity index (χ1n) is 14.4. The molecule has 0 saturated heterocycles. The molecule has 45 heavy (non-hydrogen) atoms. The number of carbonyl (C=O) groups is 2. The van der Waals surface area contributed by atoms with E-state index in [1.54, 1.807) is 18.2 Å². The van der Waals surface area contributed by atoms with E-state index in [1.165, 1.54) is 42.5 Å². The summed E-state index contributed by atoms with van der Waals surface area (Å²) >= 11 is 0. The zero-order chi connectivity index (χ0) is 33.3. The normalized spacial score (nSPS) is 13.0. The fraction of sp³-hybridized carbons (Fsp3) is 0.294. The minimum atomic E-state index is -1.67. The summed E-state index contributed by atoms with van der Waals surface area (Å²) in [5.41, 5.74) is 2.04.